The Bertz CT molecular complexity index is 891. The van der Waals surface area contributed by atoms with Crippen LogP contribution in [0.4, 0.5) is 10.7 Å². The number of nitrogens with one attached hydrogen (secondary N) is 1. The van der Waals surface area contributed by atoms with E-state index in [9.17, 15) is 4.79 Å². The van der Waals surface area contributed by atoms with E-state index in [0.29, 0.717) is 10.8 Å². The number of carbonyl (C=O) groups excluding carboxylic acids is 1. The maximum atomic E-state index is 12.2. The summed E-state index contributed by atoms with van der Waals surface area (Å²) in [5.41, 5.74) is 11.0. The van der Waals surface area contributed by atoms with Gasteiger partial charge in [-0.1, -0.05) is 65.6 Å². The number of amides is 1. The maximum Gasteiger partial charge on any atom is 0.234 e. The summed E-state index contributed by atoms with van der Waals surface area (Å²) in [6, 6.07) is 15.7. The highest BCUT2D eigenvalue weighted by Gasteiger charge is 2.13. The Balaban J connectivity index is 1.64. The fourth-order valence-corrected chi connectivity index (χ4v) is 4.13. The van der Waals surface area contributed by atoms with E-state index in [-0.39, 0.29) is 5.91 Å². The number of nitrogen functional groups attached to an aromatic ring is 1. The molecule has 0 aliphatic rings. The van der Waals surface area contributed by atoms with Gasteiger partial charge in [0.25, 0.3) is 0 Å². The Morgan fingerprint density at radius 3 is 2.68 bits per heavy atom. The third-order valence-electron chi connectivity index (χ3n) is 3.89. The predicted molar refractivity (Wildman–Crippen MR) is 107 cm³/mol. The second-order valence-electron chi connectivity index (χ2n) is 5.64. The van der Waals surface area contributed by atoms with Crippen LogP contribution >= 0.6 is 23.1 Å². The van der Waals surface area contributed by atoms with Crippen LogP contribution < -0.4 is 11.1 Å². The van der Waals surface area contributed by atoms with Crippen molar-refractivity contribution >= 4 is 39.7 Å². The molecule has 3 rings (SSSR count). The molecule has 3 N–H and O–H groups in total. The number of hydrogen-bond acceptors (Lipinski definition) is 5. The average Bonchev–Trinajstić information content (AvgIpc) is 2.99. The van der Waals surface area contributed by atoms with Crippen LogP contribution in [0.2, 0.25) is 0 Å². The second-order valence-corrected chi connectivity index (χ2v) is 7.90. The smallest absolute Gasteiger partial charge is 0.234 e. The molecule has 0 fully saturated rings. The van der Waals surface area contributed by atoms with Crippen molar-refractivity contribution in [2.45, 2.75) is 18.2 Å². The zero-order valence-electron chi connectivity index (χ0n) is 14.1. The van der Waals surface area contributed by atoms with Gasteiger partial charge in [-0.15, -0.1) is 0 Å². The number of thiazole rings is 1. The van der Waals surface area contributed by atoms with Gasteiger partial charge in [0.1, 0.15) is 10.7 Å². The van der Waals surface area contributed by atoms with Crippen molar-refractivity contribution in [1.29, 1.82) is 0 Å². The molecular weight excluding hydrogens is 350 g/mol. The summed E-state index contributed by atoms with van der Waals surface area (Å²) < 4.78 is 0.799. The monoisotopic (exact) mass is 369 g/mol. The van der Waals surface area contributed by atoms with Crippen molar-refractivity contribution < 1.29 is 4.79 Å². The largest absolute Gasteiger partial charge is 0.389 e. The molecule has 1 aromatic heterocycles. The molecule has 0 bridgehead atoms. The number of rotatable bonds is 5. The molecule has 0 spiro atoms. The first kappa shape index (κ1) is 17.5. The predicted octanol–water partition coefficient (Wildman–Crippen LogP) is 4.74. The first-order valence-electron chi connectivity index (χ1n) is 7.85. The van der Waals surface area contributed by atoms with Gasteiger partial charge >= 0.3 is 0 Å². The van der Waals surface area contributed by atoms with Gasteiger partial charge in [0, 0.05) is 11.3 Å². The zero-order chi connectivity index (χ0) is 17.8. The number of nitrogens with zero attached hydrogens (tertiary/aromatic N) is 1. The normalized spacial score (nSPS) is 10.6. The topological polar surface area (TPSA) is 68.0 Å². The summed E-state index contributed by atoms with van der Waals surface area (Å²) in [6.45, 7) is 4.04. The van der Waals surface area contributed by atoms with Gasteiger partial charge in [0.05, 0.1) is 5.75 Å². The van der Waals surface area contributed by atoms with Gasteiger partial charge in [0.2, 0.25) is 5.91 Å². The lowest BCUT2D eigenvalue weighted by molar-refractivity contribution is -0.113. The van der Waals surface area contributed by atoms with E-state index in [4.69, 9.17) is 5.73 Å². The van der Waals surface area contributed by atoms with Gasteiger partial charge in [-0.2, -0.15) is 0 Å². The fourth-order valence-electron chi connectivity index (χ4n) is 2.38. The van der Waals surface area contributed by atoms with Crippen molar-refractivity contribution in [2.24, 2.45) is 0 Å². The molecule has 0 radical (unpaired) electrons. The van der Waals surface area contributed by atoms with E-state index in [2.05, 4.69) is 10.3 Å². The number of anilines is 2. The lowest BCUT2D eigenvalue weighted by Crippen LogP contribution is -2.15. The third-order valence-corrected chi connectivity index (χ3v) is 5.91. The van der Waals surface area contributed by atoms with E-state index in [0.717, 1.165) is 32.4 Å². The van der Waals surface area contributed by atoms with E-state index >= 15 is 0 Å². The Hall–Kier alpha value is -2.31. The Morgan fingerprint density at radius 2 is 1.92 bits per heavy atom. The van der Waals surface area contributed by atoms with Gasteiger partial charge in [-0.05, 0) is 31.0 Å². The van der Waals surface area contributed by atoms with Crippen LogP contribution in [0.25, 0.3) is 11.3 Å². The van der Waals surface area contributed by atoms with Crippen LogP contribution in [0.15, 0.2) is 52.9 Å². The molecule has 0 atom stereocenters. The molecule has 25 heavy (non-hydrogen) atoms. The molecule has 0 saturated heterocycles. The van der Waals surface area contributed by atoms with E-state index in [1.807, 2.05) is 62.4 Å². The number of benzene rings is 2. The molecule has 0 saturated carbocycles. The molecular formula is C19H19N3OS2. The van der Waals surface area contributed by atoms with Gasteiger partial charge in [0.15, 0.2) is 4.34 Å². The minimum atomic E-state index is -0.0475. The lowest BCUT2D eigenvalue weighted by atomic mass is 10.1. The molecule has 128 valence electrons. The first-order chi connectivity index (χ1) is 12.0. The van der Waals surface area contributed by atoms with Crippen LogP contribution in [0.3, 0.4) is 0 Å². The summed E-state index contributed by atoms with van der Waals surface area (Å²) in [7, 11) is 0. The number of hydrogen-bond donors (Lipinski definition) is 2. The molecule has 6 heteroatoms. The van der Waals surface area contributed by atoms with Crippen molar-refractivity contribution in [3.05, 3.63) is 59.7 Å². The number of carbonyl (C=O) groups is 1. The number of aromatic nitrogens is 1. The van der Waals surface area contributed by atoms with Gasteiger partial charge in [-0.25, -0.2) is 4.98 Å². The molecule has 4 nitrogen and oxygen atoms in total. The SMILES string of the molecule is Cc1cccc(NC(=O)CSc2nc(-c3ccccc3)c(N)s2)c1C. The molecule has 0 unspecified atom stereocenters. The summed E-state index contributed by atoms with van der Waals surface area (Å²) in [4.78, 5) is 16.8. The van der Waals surface area contributed by atoms with Gasteiger partial charge in [-0.3, -0.25) is 4.79 Å². The Labute approximate surface area is 155 Å². The van der Waals surface area contributed by atoms with Crippen LogP contribution in [0.5, 0.6) is 0 Å². The van der Waals surface area contributed by atoms with E-state index in [1.54, 1.807) is 0 Å². The van der Waals surface area contributed by atoms with E-state index in [1.165, 1.54) is 23.1 Å². The summed E-state index contributed by atoms with van der Waals surface area (Å²) in [5.74, 6) is 0.253. The highest BCUT2D eigenvalue weighted by molar-refractivity contribution is 8.01. The Kier molecular flexibility index (Phi) is 5.40. The minimum absolute atomic E-state index is 0.0475. The van der Waals surface area contributed by atoms with Crippen LogP contribution in [-0.4, -0.2) is 16.6 Å². The van der Waals surface area contributed by atoms with E-state index < -0.39 is 0 Å². The zero-order valence-corrected chi connectivity index (χ0v) is 15.7. The molecule has 1 heterocycles. The standard InChI is InChI=1S/C19H19N3OS2/c1-12-7-6-10-15(13(12)2)21-16(23)11-24-19-22-17(18(20)25-19)14-8-4-3-5-9-14/h3-10H,11,20H2,1-2H3,(H,21,23). The first-order valence-corrected chi connectivity index (χ1v) is 9.65. The minimum Gasteiger partial charge on any atom is -0.389 e. The third kappa shape index (κ3) is 4.21. The van der Waals surface area contributed by atoms with Crippen molar-refractivity contribution in [3.63, 3.8) is 0 Å². The average molecular weight is 370 g/mol. The van der Waals surface area contributed by atoms with Crippen LogP contribution in [0.1, 0.15) is 11.1 Å². The van der Waals surface area contributed by atoms with Crippen molar-refractivity contribution in [1.82, 2.24) is 4.98 Å². The summed E-state index contributed by atoms with van der Waals surface area (Å²) in [6.07, 6.45) is 0. The van der Waals surface area contributed by atoms with Crippen LogP contribution in [-0.2, 0) is 4.79 Å². The summed E-state index contributed by atoms with van der Waals surface area (Å²) in [5, 5.41) is 3.63. The highest BCUT2D eigenvalue weighted by Crippen LogP contribution is 2.35. The molecule has 3 aromatic rings. The molecule has 1 amide bonds. The quantitative estimate of drug-likeness (QED) is 0.638. The number of aryl methyl sites for hydroxylation is 1. The Morgan fingerprint density at radius 1 is 1.16 bits per heavy atom. The highest BCUT2D eigenvalue weighted by atomic mass is 32.2. The maximum absolute atomic E-state index is 12.2. The molecule has 2 aromatic carbocycles. The number of thioether (sulfide) groups is 1. The van der Waals surface area contributed by atoms with Crippen LogP contribution in [0, 0.1) is 13.8 Å². The van der Waals surface area contributed by atoms with Crippen molar-refractivity contribution in [3.8, 4) is 11.3 Å². The van der Waals surface area contributed by atoms with Gasteiger partial charge < -0.3 is 11.1 Å². The fraction of sp³-hybridized carbons (Fsp3) is 0.158. The molecule has 0 aliphatic carbocycles. The molecule has 0 aliphatic heterocycles. The lowest BCUT2D eigenvalue weighted by Gasteiger charge is -2.09. The summed E-state index contributed by atoms with van der Waals surface area (Å²) >= 11 is 2.82. The van der Waals surface area contributed by atoms with Crippen molar-refractivity contribution in [2.75, 3.05) is 16.8 Å². The number of nitrogens with two attached hydrogens (primary N) is 1. The second kappa shape index (κ2) is 7.72.